The lowest BCUT2D eigenvalue weighted by atomic mass is 10.1. The van der Waals surface area contributed by atoms with E-state index in [9.17, 15) is 13.2 Å². The van der Waals surface area contributed by atoms with Crippen LogP contribution in [0.1, 0.15) is 21.3 Å². The summed E-state index contributed by atoms with van der Waals surface area (Å²) in [4.78, 5) is 12.4. The Hall–Kier alpha value is -1.37. The molecule has 1 N–H and O–H groups in total. The molecule has 0 saturated heterocycles. The largest absolute Gasteiger partial charge is 0.353 e. The number of rotatable bonds is 6. The van der Waals surface area contributed by atoms with Gasteiger partial charge in [0.2, 0.25) is 5.91 Å². The van der Waals surface area contributed by atoms with Crippen molar-refractivity contribution in [3.63, 3.8) is 0 Å². The SMILES string of the molecule is Cc1ccc(S(=O)(=O)[C@H](CNC(=O)CCl)c2cccs2)cc1C. The van der Waals surface area contributed by atoms with Crippen molar-refractivity contribution in [3.05, 3.63) is 51.7 Å². The molecule has 0 radical (unpaired) electrons. The minimum absolute atomic E-state index is 0.00131. The highest BCUT2D eigenvalue weighted by atomic mass is 35.5. The minimum Gasteiger partial charge on any atom is -0.353 e. The number of carbonyl (C=O) groups is 1. The van der Waals surface area contributed by atoms with E-state index in [0.717, 1.165) is 11.1 Å². The van der Waals surface area contributed by atoms with E-state index < -0.39 is 15.1 Å². The van der Waals surface area contributed by atoms with E-state index in [-0.39, 0.29) is 23.2 Å². The number of thiophene rings is 1. The van der Waals surface area contributed by atoms with Crippen LogP contribution < -0.4 is 5.32 Å². The predicted octanol–water partition coefficient (Wildman–Crippen LogP) is 3.23. The molecule has 0 fully saturated rings. The average Bonchev–Trinajstić information content (AvgIpc) is 3.03. The predicted molar refractivity (Wildman–Crippen MR) is 93.9 cm³/mol. The number of benzene rings is 1. The van der Waals surface area contributed by atoms with Crippen molar-refractivity contribution in [1.29, 1.82) is 0 Å². The Kier molecular flexibility index (Phi) is 5.84. The van der Waals surface area contributed by atoms with E-state index in [1.54, 1.807) is 30.3 Å². The molecule has 0 spiro atoms. The maximum atomic E-state index is 13.0. The van der Waals surface area contributed by atoms with Crippen LogP contribution in [0.4, 0.5) is 0 Å². The summed E-state index contributed by atoms with van der Waals surface area (Å²) < 4.78 is 26.0. The van der Waals surface area contributed by atoms with Gasteiger partial charge in [-0.05, 0) is 48.6 Å². The van der Waals surface area contributed by atoms with Gasteiger partial charge < -0.3 is 5.32 Å². The van der Waals surface area contributed by atoms with Gasteiger partial charge in [0.15, 0.2) is 9.84 Å². The minimum atomic E-state index is -3.61. The third-order valence-electron chi connectivity index (χ3n) is 3.65. The average molecular weight is 372 g/mol. The van der Waals surface area contributed by atoms with Crippen LogP contribution in [0.3, 0.4) is 0 Å². The molecule has 0 aliphatic carbocycles. The van der Waals surface area contributed by atoms with Crippen LogP contribution in [0.5, 0.6) is 0 Å². The molecule has 1 aromatic heterocycles. The van der Waals surface area contributed by atoms with Crippen molar-refractivity contribution in [2.24, 2.45) is 0 Å². The second kappa shape index (κ2) is 7.47. The van der Waals surface area contributed by atoms with Crippen LogP contribution in [0, 0.1) is 13.8 Å². The summed E-state index contributed by atoms with van der Waals surface area (Å²) in [5, 5.41) is 3.58. The van der Waals surface area contributed by atoms with Crippen molar-refractivity contribution in [1.82, 2.24) is 5.32 Å². The molecule has 0 saturated carbocycles. The molecule has 0 unspecified atom stereocenters. The van der Waals surface area contributed by atoms with Crippen molar-refractivity contribution in [3.8, 4) is 0 Å². The van der Waals surface area contributed by atoms with Crippen molar-refractivity contribution >= 4 is 38.7 Å². The van der Waals surface area contributed by atoms with Crippen LogP contribution in [0.25, 0.3) is 0 Å². The highest BCUT2D eigenvalue weighted by Gasteiger charge is 2.30. The zero-order chi connectivity index (χ0) is 17.0. The van der Waals surface area contributed by atoms with Gasteiger partial charge >= 0.3 is 0 Å². The molecule has 23 heavy (non-hydrogen) atoms. The van der Waals surface area contributed by atoms with Crippen LogP contribution in [0.2, 0.25) is 0 Å². The Morgan fingerprint density at radius 2 is 2.00 bits per heavy atom. The van der Waals surface area contributed by atoms with Crippen molar-refractivity contribution in [2.45, 2.75) is 24.0 Å². The number of amides is 1. The Morgan fingerprint density at radius 1 is 1.26 bits per heavy atom. The van der Waals surface area contributed by atoms with Gasteiger partial charge in [-0.3, -0.25) is 4.79 Å². The number of alkyl halides is 1. The van der Waals surface area contributed by atoms with Gasteiger partial charge in [0.05, 0.1) is 4.90 Å². The van der Waals surface area contributed by atoms with Gasteiger partial charge in [-0.15, -0.1) is 22.9 Å². The molecule has 1 amide bonds. The molecule has 0 aliphatic rings. The van der Waals surface area contributed by atoms with Crippen LogP contribution in [-0.2, 0) is 14.6 Å². The lowest BCUT2D eigenvalue weighted by molar-refractivity contribution is -0.118. The van der Waals surface area contributed by atoms with Crippen LogP contribution >= 0.6 is 22.9 Å². The molecular formula is C16H18ClNO3S2. The number of aryl methyl sites for hydroxylation is 2. The highest BCUT2D eigenvalue weighted by molar-refractivity contribution is 7.91. The summed E-state index contributed by atoms with van der Waals surface area (Å²) in [7, 11) is -3.61. The first kappa shape index (κ1) is 18.0. The van der Waals surface area contributed by atoms with Crippen molar-refractivity contribution < 1.29 is 13.2 Å². The van der Waals surface area contributed by atoms with E-state index in [1.165, 1.54) is 11.3 Å². The molecule has 2 aromatic rings. The molecule has 124 valence electrons. The normalized spacial score (nSPS) is 12.8. The van der Waals surface area contributed by atoms with Gasteiger partial charge in [0.1, 0.15) is 11.1 Å². The van der Waals surface area contributed by atoms with Crippen LogP contribution in [-0.4, -0.2) is 26.7 Å². The maximum absolute atomic E-state index is 13.0. The smallest absolute Gasteiger partial charge is 0.234 e. The summed E-state index contributed by atoms with van der Waals surface area (Å²) in [5.41, 5.74) is 1.95. The number of sulfone groups is 1. The van der Waals surface area contributed by atoms with Crippen LogP contribution in [0.15, 0.2) is 40.6 Å². The van der Waals surface area contributed by atoms with E-state index in [4.69, 9.17) is 11.6 Å². The maximum Gasteiger partial charge on any atom is 0.234 e. The number of nitrogens with one attached hydrogen (secondary N) is 1. The van der Waals surface area contributed by atoms with Gasteiger partial charge in [-0.25, -0.2) is 8.42 Å². The monoisotopic (exact) mass is 371 g/mol. The Bertz CT molecular complexity index is 786. The molecule has 4 nitrogen and oxygen atoms in total. The fraction of sp³-hybridized carbons (Fsp3) is 0.312. The fourth-order valence-corrected chi connectivity index (χ4v) is 5.11. The van der Waals surface area contributed by atoms with Gasteiger partial charge in [0, 0.05) is 11.4 Å². The van der Waals surface area contributed by atoms with E-state index >= 15 is 0 Å². The Morgan fingerprint density at radius 3 is 2.57 bits per heavy atom. The van der Waals surface area contributed by atoms with Gasteiger partial charge in [-0.2, -0.15) is 0 Å². The van der Waals surface area contributed by atoms with Gasteiger partial charge in [-0.1, -0.05) is 12.1 Å². The lowest BCUT2D eigenvalue weighted by Crippen LogP contribution is -2.32. The quantitative estimate of drug-likeness (QED) is 0.793. The summed E-state index contributed by atoms with van der Waals surface area (Å²) in [6, 6.07) is 8.65. The van der Waals surface area contributed by atoms with E-state index in [1.807, 2.05) is 19.2 Å². The van der Waals surface area contributed by atoms with E-state index in [2.05, 4.69) is 5.32 Å². The second-order valence-electron chi connectivity index (χ2n) is 5.23. The van der Waals surface area contributed by atoms with E-state index in [0.29, 0.717) is 4.88 Å². The Balaban J connectivity index is 2.40. The summed E-state index contributed by atoms with van der Waals surface area (Å²) in [5.74, 6) is -0.579. The topological polar surface area (TPSA) is 63.2 Å². The first-order valence-electron chi connectivity index (χ1n) is 7.03. The first-order chi connectivity index (χ1) is 10.9. The molecule has 1 heterocycles. The molecule has 7 heteroatoms. The zero-order valence-corrected chi connectivity index (χ0v) is 15.3. The standard InChI is InChI=1S/C16H18ClNO3S2/c1-11-5-6-13(8-12(11)2)23(20,21)15(10-18-16(19)9-17)14-4-3-7-22-14/h3-8,15H,9-10H2,1-2H3,(H,18,19)/t15-/m1/s1. The summed E-state index contributed by atoms with van der Waals surface area (Å²) in [6.07, 6.45) is 0. The number of carbonyl (C=O) groups excluding carboxylic acids is 1. The molecule has 2 rings (SSSR count). The first-order valence-corrected chi connectivity index (χ1v) is 9.99. The zero-order valence-electron chi connectivity index (χ0n) is 12.9. The number of halogens is 1. The third-order valence-corrected chi connectivity index (χ3v) is 7.11. The van der Waals surface area contributed by atoms with Gasteiger partial charge in [0.25, 0.3) is 0 Å². The van der Waals surface area contributed by atoms with Crippen molar-refractivity contribution in [2.75, 3.05) is 12.4 Å². The molecule has 0 aliphatic heterocycles. The third kappa shape index (κ3) is 4.13. The fourth-order valence-electron chi connectivity index (χ4n) is 2.15. The molecular weight excluding hydrogens is 354 g/mol. The number of hydrogen-bond donors (Lipinski definition) is 1. The summed E-state index contributed by atoms with van der Waals surface area (Å²) in [6.45, 7) is 3.81. The second-order valence-corrected chi connectivity index (χ2v) is 8.61. The molecule has 1 atom stereocenters. The highest BCUT2D eigenvalue weighted by Crippen LogP contribution is 2.32. The number of hydrogen-bond acceptors (Lipinski definition) is 4. The Labute approximate surface area is 145 Å². The molecule has 0 bridgehead atoms. The molecule has 1 aromatic carbocycles. The summed E-state index contributed by atoms with van der Waals surface area (Å²) >= 11 is 6.83. The lowest BCUT2D eigenvalue weighted by Gasteiger charge is -2.18.